The van der Waals surface area contributed by atoms with Crippen molar-refractivity contribution in [2.24, 2.45) is 0 Å². The van der Waals surface area contributed by atoms with Crippen LogP contribution in [0.3, 0.4) is 0 Å². The summed E-state index contributed by atoms with van der Waals surface area (Å²) in [4.78, 5) is 4.69. The molecule has 0 radical (unpaired) electrons. The lowest BCUT2D eigenvalue weighted by molar-refractivity contribution is 0.628. The molecule has 0 amide bonds. The molecule has 3 heterocycles. The van der Waals surface area contributed by atoms with Crippen molar-refractivity contribution in [3.05, 3.63) is 151 Å². The van der Waals surface area contributed by atoms with Gasteiger partial charge >= 0.3 is 0 Å². The quantitative estimate of drug-likeness (QED) is 0.187. The SMILES string of the molecule is Cc1ccc(N2c3cc4oc5ccccc5c4cc3B3c4cc5ccccc5cc4N(c4ccc(F)cc4)c4cccc2c43)cc1. The molecule has 5 heteroatoms. The molecule has 2 aliphatic heterocycles. The fourth-order valence-electron chi connectivity index (χ4n) is 7.68. The number of hydrogen-bond acceptors (Lipinski definition) is 3. The van der Waals surface area contributed by atoms with Crippen LogP contribution in [0.2, 0.25) is 0 Å². The van der Waals surface area contributed by atoms with Crippen LogP contribution < -0.4 is 26.2 Å². The number of hydrogen-bond donors (Lipinski definition) is 0. The van der Waals surface area contributed by atoms with Crippen molar-refractivity contribution in [3.8, 4) is 0 Å². The molecule has 3 nitrogen and oxygen atoms in total. The maximum Gasteiger partial charge on any atom is 0.252 e. The van der Waals surface area contributed by atoms with Gasteiger partial charge in [0.05, 0.1) is 0 Å². The summed E-state index contributed by atoms with van der Waals surface area (Å²) in [5.74, 6) is -0.247. The monoisotopic (exact) mass is 592 g/mol. The van der Waals surface area contributed by atoms with Gasteiger partial charge in [-0.15, -0.1) is 0 Å². The Kier molecular flexibility index (Phi) is 5.19. The number of aryl methyl sites for hydroxylation is 1. The van der Waals surface area contributed by atoms with E-state index in [1.54, 1.807) is 12.1 Å². The second-order valence-corrected chi connectivity index (χ2v) is 12.4. The van der Waals surface area contributed by atoms with Crippen molar-refractivity contribution < 1.29 is 8.81 Å². The maximum absolute atomic E-state index is 14.3. The Morgan fingerprint density at radius 2 is 1.13 bits per heavy atom. The minimum absolute atomic E-state index is 0.0303. The van der Waals surface area contributed by atoms with Gasteiger partial charge in [-0.05, 0) is 94.7 Å². The highest BCUT2D eigenvalue weighted by molar-refractivity contribution is 7.00. The van der Waals surface area contributed by atoms with Crippen molar-refractivity contribution in [1.29, 1.82) is 0 Å². The lowest BCUT2D eigenvalue weighted by Gasteiger charge is -2.44. The number of anilines is 6. The van der Waals surface area contributed by atoms with Crippen LogP contribution in [0.15, 0.2) is 144 Å². The number of rotatable bonds is 2. The van der Waals surface area contributed by atoms with E-state index in [0.717, 1.165) is 56.1 Å². The third-order valence-corrected chi connectivity index (χ3v) is 9.73. The van der Waals surface area contributed by atoms with Gasteiger partial charge in [0, 0.05) is 51.0 Å². The number of benzene rings is 7. The number of halogens is 1. The van der Waals surface area contributed by atoms with Gasteiger partial charge in [-0.1, -0.05) is 78.4 Å². The minimum Gasteiger partial charge on any atom is -0.456 e. The van der Waals surface area contributed by atoms with E-state index in [4.69, 9.17) is 4.42 Å². The number of fused-ring (bicyclic) bond motifs is 8. The molecule has 1 aromatic heterocycles. The average molecular weight is 592 g/mol. The van der Waals surface area contributed by atoms with Crippen LogP contribution in [0.5, 0.6) is 0 Å². The normalized spacial score (nSPS) is 13.3. The van der Waals surface area contributed by atoms with Gasteiger partial charge in [0.2, 0.25) is 0 Å². The molecule has 0 unspecified atom stereocenters. The zero-order chi connectivity index (χ0) is 30.5. The lowest BCUT2D eigenvalue weighted by Crippen LogP contribution is -2.61. The minimum atomic E-state index is -0.247. The molecule has 0 fully saturated rings. The largest absolute Gasteiger partial charge is 0.456 e. The first-order valence-corrected chi connectivity index (χ1v) is 15.7. The van der Waals surface area contributed by atoms with Gasteiger partial charge in [-0.25, -0.2) is 4.39 Å². The highest BCUT2D eigenvalue weighted by atomic mass is 19.1. The standard InChI is InChI=1S/C41H26BFN2O/c1-25-13-17-29(18-14-25)45-36-11-6-10-35-41(36)42(34-23-32-31-9-4-5-12-39(31)46-40(32)24-38(34)45)33-21-26-7-2-3-8-27(26)22-37(33)44(35)30-19-15-28(43)16-20-30/h2-24H,1H3. The summed E-state index contributed by atoms with van der Waals surface area (Å²) in [7, 11) is 0. The Morgan fingerprint density at radius 1 is 0.522 bits per heavy atom. The average Bonchev–Trinajstić information content (AvgIpc) is 3.45. The van der Waals surface area contributed by atoms with E-state index in [2.05, 4.69) is 120 Å². The van der Waals surface area contributed by atoms with E-state index in [1.807, 2.05) is 24.3 Å². The highest BCUT2D eigenvalue weighted by Crippen LogP contribution is 2.45. The Balaban J connectivity index is 1.35. The fraction of sp³-hybridized carbons (Fsp3) is 0.0244. The lowest BCUT2D eigenvalue weighted by atomic mass is 9.33. The van der Waals surface area contributed by atoms with E-state index in [-0.39, 0.29) is 12.5 Å². The zero-order valence-electron chi connectivity index (χ0n) is 25.0. The molecule has 46 heavy (non-hydrogen) atoms. The molecule has 2 aliphatic rings. The van der Waals surface area contributed by atoms with Crippen LogP contribution >= 0.6 is 0 Å². The first-order valence-electron chi connectivity index (χ1n) is 15.7. The van der Waals surface area contributed by atoms with Gasteiger partial charge in [-0.2, -0.15) is 0 Å². The summed E-state index contributed by atoms with van der Waals surface area (Å²) < 4.78 is 20.7. The molecule has 8 aromatic rings. The maximum atomic E-state index is 14.3. The summed E-state index contributed by atoms with van der Waals surface area (Å²) in [5.41, 5.74) is 13.1. The van der Waals surface area contributed by atoms with Crippen molar-refractivity contribution in [2.75, 3.05) is 9.80 Å². The van der Waals surface area contributed by atoms with Crippen LogP contribution in [0.1, 0.15) is 5.56 Å². The molecule has 216 valence electrons. The van der Waals surface area contributed by atoms with E-state index < -0.39 is 0 Å². The summed E-state index contributed by atoms with van der Waals surface area (Å²) in [6.45, 7) is 2.09. The van der Waals surface area contributed by atoms with Crippen LogP contribution in [0, 0.1) is 12.7 Å². The molecular weight excluding hydrogens is 566 g/mol. The first-order chi connectivity index (χ1) is 22.6. The van der Waals surface area contributed by atoms with E-state index in [1.165, 1.54) is 32.7 Å². The van der Waals surface area contributed by atoms with Crippen molar-refractivity contribution >= 4 is 89.9 Å². The second-order valence-electron chi connectivity index (χ2n) is 12.4. The van der Waals surface area contributed by atoms with Crippen molar-refractivity contribution in [1.82, 2.24) is 0 Å². The summed E-state index contributed by atoms with van der Waals surface area (Å²) in [6.07, 6.45) is 0. The predicted molar refractivity (Wildman–Crippen MR) is 190 cm³/mol. The Bertz CT molecular complexity index is 2520. The van der Waals surface area contributed by atoms with E-state index in [9.17, 15) is 4.39 Å². The molecule has 0 saturated heterocycles. The summed E-state index contributed by atoms with van der Waals surface area (Å²) >= 11 is 0. The molecule has 0 spiro atoms. The van der Waals surface area contributed by atoms with Gasteiger partial charge in [0.25, 0.3) is 6.71 Å². The van der Waals surface area contributed by atoms with Gasteiger partial charge in [0.15, 0.2) is 0 Å². The Labute approximate surface area is 265 Å². The van der Waals surface area contributed by atoms with Crippen LogP contribution in [0.25, 0.3) is 32.7 Å². The molecule has 0 aliphatic carbocycles. The molecule has 0 atom stereocenters. The Morgan fingerprint density at radius 3 is 1.87 bits per heavy atom. The third-order valence-electron chi connectivity index (χ3n) is 9.73. The third kappa shape index (κ3) is 3.54. The van der Waals surface area contributed by atoms with Gasteiger partial charge in [0.1, 0.15) is 17.0 Å². The molecule has 10 rings (SSSR count). The second kappa shape index (κ2) is 9.35. The number of furan rings is 1. The first kappa shape index (κ1) is 25.5. The number of para-hydroxylation sites is 1. The molecule has 0 saturated carbocycles. The Hall–Kier alpha value is -5.81. The van der Waals surface area contributed by atoms with Crippen LogP contribution in [0.4, 0.5) is 38.5 Å². The van der Waals surface area contributed by atoms with E-state index >= 15 is 0 Å². The van der Waals surface area contributed by atoms with Gasteiger partial charge < -0.3 is 14.2 Å². The number of nitrogens with zero attached hydrogens (tertiary/aromatic N) is 2. The predicted octanol–water partition coefficient (Wildman–Crippen LogP) is 9.27. The van der Waals surface area contributed by atoms with Gasteiger partial charge in [-0.3, -0.25) is 0 Å². The van der Waals surface area contributed by atoms with E-state index in [0.29, 0.717) is 0 Å². The van der Waals surface area contributed by atoms with Crippen molar-refractivity contribution in [2.45, 2.75) is 6.92 Å². The molecule has 0 bridgehead atoms. The summed E-state index contributed by atoms with van der Waals surface area (Å²) in [6, 6.07) is 48.2. The van der Waals surface area contributed by atoms with Crippen molar-refractivity contribution in [3.63, 3.8) is 0 Å². The van der Waals surface area contributed by atoms with Crippen LogP contribution in [-0.2, 0) is 0 Å². The highest BCUT2D eigenvalue weighted by Gasteiger charge is 2.43. The zero-order valence-corrected chi connectivity index (χ0v) is 25.0. The fourth-order valence-corrected chi connectivity index (χ4v) is 7.68. The molecular formula is C41H26BFN2O. The molecule has 0 N–H and O–H groups in total. The molecule has 7 aromatic carbocycles. The smallest absolute Gasteiger partial charge is 0.252 e. The topological polar surface area (TPSA) is 19.6 Å². The summed E-state index contributed by atoms with van der Waals surface area (Å²) in [5, 5.41) is 4.59. The van der Waals surface area contributed by atoms with Crippen LogP contribution in [-0.4, -0.2) is 6.71 Å².